The van der Waals surface area contributed by atoms with E-state index in [1.54, 1.807) is 18.2 Å². The van der Waals surface area contributed by atoms with Gasteiger partial charge in [0, 0.05) is 11.7 Å². The van der Waals surface area contributed by atoms with Crippen LogP contribution in [-0.2, 0) is 4.79 Å². The number of halogens is 1. The molecule has 0 saturated heterocycles. The van der Waals surface area contributed by atoms with Crippen LogP contribution in [0, 0.1) is 11.3 Å². The van der Waals surface area contributed by atoms with Crippen molar-refractivity contribution in [2.45, 2.75) is 31.7 Å². The second-order valence-corrected chi connectivity index (χ2v) is 5.12. The lowest BCUT2D eigenvalue weighted by Crippen LogP contribution is -2.34. The summed E-state index contributed by atoms with van der Waals surface area (Å²) in [5.74, 6) is -0.0901. The van der Waals surface area contributed by atoms with E-state index in [4.69, 9.17) is 16.9 Å². The highest BCUT2D eigenvalue weighted by Gasteiger charge is 2.15. The molecule has 1 fully saturated rings. The fourth-order valence-electron chi connectivity index (χ4n) is 2.26. The summed E-state index contributed by atoms with van der Waals surface area (Å²) >= 11 is 5.90. The minimum Gasteiger partial charge on any atom is -0.325 e. The van der Waals surface area contributed by atoms with Crippen molar-refractivity contribution in [2.24, 2.45) is 0 Å². The molecule has 0 spiro atoms. The maximum atomic E-state index is 11.8. The number of carbonyl (C=O) groups is 1. The molecular weight excluding hydrogens is 262 g/mol. The minimum atomic E-state index is -0.0901. The number of benzene rings is 1. The van der Waals surface area contributed by atoms with Crippen LogP contribution >= 0.6 is 11.6 Å². The Balaban J connectivity index is 1.84. The summed E-state index contributed by atoms with van der Waals surface area (Å²) in [6.45, 7) is 0.308. The van der Waals surface area contributed by atoms with Gasteiger partial charge in [-0.25, -0.2) is 0 Å². The number of nitrogens with one attached hydrogen (secondary N) is 2. The highest BCUT2D eigenvalue weighted by atomic mass is 35.5. The Morgan fingerprint density at radius 2 is 2.16 bits per heavy atom. The van der Waals surface area contributed by atoms with Gasteiger partial charge in [0.25, 0.3) is 0 Å². The molecule has 1 saturated carbocycles. The molecule has 1 amide bonds. The number of rotatable bonds is 4. The monoisotopic (exact) mass is 277 g/mol. The maximum Gasteiger partial charge on any atom is 0.238 e. The van der Waals surface area contributed by atoms with Crippen molar-refractivity contribution in [1.82, 2.24) is 5.32 Å². The van der Waals surface area contributed by atoms with E-state index in [-0.39, 0.29) is 5.91 Å². The molecule has 1 aromatic carbocycles. The van der Waals surface area contributed by atoms with E-state index in [2.05, 4.69) is 10.6 Å². The summed E-state index contributed by atoms with van der Waals surface area (Å²) in [5.41, 5.74) is 1.02. The fourth-order valence-corrected chi connectivity index (χ4v) is 2.48. The molecule has 0 radical (unpaired) electrons. The molecule has 4 nitrogen and oxygen atoms in total. The Kier molecular flexibility index (Phi) is 4.78. The fraction of sp³-hybridized carbons (Fsp3) is 0.429. The Hall–Kier alpha value is -1.57. The number of nitrogens with zero attached hydrogens (tertiary/aromatic N) is 1. The lowest BCUT2D eigenvalue weighted by atomic mass is 10.2. The van der Waals surface area contributed by atoms with Gasteiger partial charge in [-0.2, -0.15) is 5.26 Å². The van der Waals surface area contributed by atoms with Gasteiger partial charge in [0.1, 0.15) is 6.07 Å². The number of anilines is 1. The minimum absolute atomic E-state index is 0.0901. The number of carbonyl (C=O) groups excluding carboxylic acids is 1. The number of nitriles is 1. The summed E-state index contributed by atoms with van der Waals surface area (Å²) in [7, 11) is 0. The molecule has 19 heavy (non-hydrogen) atoms. The van der Waals surface area contributed by atoms with E-state index in [0.717, 1.165) is 12.8 Å². The van der Waals surface area contributed by atoms with E-state index in [9.17, 15) is 4.79 Å². The van der Waals surface area contributed by atoms with E-state index < -0.39 is 0 Å². The summed E-state index contributed by atoms with van der Waals surface area (Å²) < 4.78 is 0. The molecular formula is C14H16ClN3O. The highest BCUT2D eigenvalue weighted by Crippen LogP contribution is 2.20. The van der Waals surface area contributed by atoms with Crippen molar-refractivity contribution in [2.75, 3.05) is 11.9 Å². The van der Waals surface area contributed by atoms with Crippen LogP contribution < -0.4 is 10.6 Å². The molecule has 2 rings (SSSR count). The third kappa shape index (κ3) is 3.95. The molecule has 0 bridgehead atoms. The predicted octanol–water partition coefficient (Wildman–Crippen LogP) is 2.68. The standard InChI is InChI=1S/C14H16ClN3O/c15-13-7-12(6-5-10(13)8-16)18-14(19)9-17-11-3-1-2-4-11/h5-7,11,17H,1-4,9H2,(H,18,19). The molecule has 1 aromatic rings. The first-order valence-electron chi connectivity index (χ1n) is 6.42. The van der Waals surface area contributed by atoms with Gasteiger partial charge in [-0.3, -0.25) is 4.79 Å². The van der Waals surface area contributed by atoms with Gasteiger partial charge in [-0.05, 0) is 31.0 Å². The zero-order valence-corrected chi connectivity index (χ0v) is 11.3. The van der Waals surface area contributed by atoms with Gasteiger partial charge in [-0.1, -0.05) is 24.4 Å². The van der Waals surface area contributed by atoms with Gasteiger partial charge in [0.2, 0.25) is 5.91 Å². The summed E-state index contributed by atoms with van der Waals surface area (Å²) in [4.78, 5) is 11.8. The van der Waals surface area contributed by atoms with Gasteiger partial charge in [0.05, 0.1) is 17.1 Å². The van der Waals surface area contributed by atoms with Crippen LogP contribution in [0.3, 0.4) is 0 Å². The molecule has 0 aromatic heterocycles. The van der Waals surface area contributed by atoms with E-state index in [1.807, 2.05) is 6.07 Å². The Morgan fingerprint density at radius 1 is 1.42 bits per heavy atom. The Morgan fingerprint density at radius 3 is 2.79 bits per heavy atom. The number of hydrogen-bond donors (Lipinski definition) is 2. The quantitative estimate of drug-likeness (QED) is 0.889. The van der Waals surface area contributed by atoms with Crippen molar-refractivity contribution < 1.29 is 4.79 Å². The van der Waals surface area contributed by atoms with Crippen molar-refractivity contribution in [3.63, 3.8) is 0 Å². The smallest absolute Gasteiger partial charge is 0.238 e. The molecule has 1 aliphatic carbocycles. The van der Waals surface area contributed by atoms with Crippen LogP contribution in [0.15, 0.2) is 18.2 Å². The van der Waals surface area contributed by atoms with Gasteiger partial charge in [0.15, 0.2) is 0 Å². The zero-order valence-electron chi connectivity index (χ0n) is 10.6. The van der Waals surface area contributed by atoms with Crippen LogP contribution in [0.5, 0.6) is 0 Å². The molecule has 0 unspecified atom stereocenters. The third-order valence-corrected chi connectivity index (χ3v) is 3.59. The van der Waals surface area contributed by atoms with Crippen molar-refractivity contribution in [3.05, 3.63) is 28.8 Å². The number of amides is 1. The Labute approximate surface area is 117 Å². The van der Waals surface area contributed by atoms with Crippen LogP contribution in [0.1, 0.15) is 31.2 Å². The Bertz CT molecular complexity index is 504. The van der Waals surface area contributed by atoms with Crippen LogP contribution in [-0.4, -0.2) is 18.5 Å². The first-order chi connectivity index (χ1) is 9.19. The second kappa shape index (κ2) is 6.55. The highest BCUT2D eigenvalue weighted by molar-refractivity contribution is 6.32. The molecule has 5 heteroatoms. The number of hydrogen-bond acceptors (Lipinski definition) is 3. The average molecular weight is 278 g/mol. The lowest BCUT2D eigenvalue weighted by molar-refractivity contribution is -0.115. The van der Waals surface area contributed by atoms with E-state index in [1.165, 1.54) is 12.8 Å². The van der Waals surface area contributed by atoms with Crippen LogP contribution in [0.4, 0.5) is 5.69 Å². The molecule has 0 heterocycles. The second-order valence-electron chi connectivity index (χ2n) is 4.72. The molecule has 100 valence electrons. The third-order valence-electron chi connectivity index (χ3n) is 3.28. The van der Waals surface area contributed by atoms with Crippen LogP contribution in [0.2, 0.25) is 5.02 Å². The first-order valence-corrected chi connectivity index (χ1v) is 6.79. The zero-order chi connectivity index (χ0) is 13.7. The normalized spacial score (nSPS) is 15.2. The SMILES string of the molecule is N#Cc1ccc(NC(=O)CNC2CCCC2)cc1Cl. The summed E-state index contributed by atoms with van der Waals surface area (Å²) in [5, 5.41) is 15.1. The predicted molar refractivity (Wildman–Crippen MR) is 75.1 cm³/mol. The van der Waals surface area contributed by atoms with Gasteiger partial charge >= 0.3 is 0 Å². The van der Waals surface area contributed by atoms with Crippen molar-refractivity contribution in [3.8, 4) is 6.07 Å². The van der Waals surface area contributed by atoms with Crippen molar-refractivity contribution >= 4 is 23.2 Å². The average Bonchev–Trinajstić information content (AvgIpc) is 2.90. The summed E-state index contributed by atoms with van der Waals surface area (Å²) in [6, 6.07) is 7.32. The first kappa shape index (κ1) is 13.9. The van der Waals surface area contributed by atoms with Gasteiger partial charge < -0.3 is 10.6 Å². The molecule has 1 aliphatic rings. The van der Waals surface area contributed by atoms with Gasteiger partial charge in [-0.15, -0.1) is 0 Å². The van der Waals surface area contributed by atoms with Crippen molar-refractivity contribution in [1.29, 1.82) is 5.26 Å². The maximum absolute atomic E-state index is 11.8. The van der Waals surface area contributed by atoms with Crippen LogP contribution in [0.25, 0.3) is 0 Å². The topological polar surface area (TPSA) is 64.9 Å². The molecule has 0 aliphatic heterocycles. The summed E-state index contributed by atoms with van der Waals surface area (Å²) in [6.07, 6.45) is 4.78. The lowest BCUT2D eigenvalue weighted by Gasteiger charge is -2.12. The molecule has 0 atom stereocenters. The van der Waals surface area contributed by atoms with E-state index in [0.29, 0.717) is 28.9 Å². The van der Waals surface area contributed by atoms with E-state index >= 15 is 0 Å². The largest absolute Gasteiger partial charge is 0.325 e. The molecule has 2 N–H and O–H groups in total.